The summed E-state index contributed by atoms with van der Waals surface area (Å²) in [6, 6.07) is 7.62. The number of carbonyl (C=O) groups excluding carboxylic acids is 1. The number of hydrogen-bond donors (Lipinski definition) is 1. The van der Waals surface area contributed by atoms with Crippen LogP contribution in [0.1, 0.15) is 42.1 Å². The molecule has 1 fully saturated rings. The van der Waals surface area contributed by atoms with E-state index in [0.717, 1.165) is 44.2 Å². The Labute approximate surface area is 157 Å². The molecule has 142 valence electrons. The molecule has 4 nitrogen and oxygen atoms in total. The summed E-state index contributed by atoms with van der Waals surface area (Å²) in [6.45, 7) is 4.25. The summed E-state index contributed by atoms with van der Waals surface area (Å²) >= 11 is 0. The highest BCUT2D eigenvalue weighted by Crippen LogP contribution is 2.23. The number of benzene rings is 1. The van der Waals surface area contributed by atoms with Crippen LogP contribution in [0, 0.1) is 11.6 Å². The Morgan fingerprint density at radius 2 is 1.96 bits per heavy atom. The van der Waals surface area contributed by atoms with Crippen LogP contribution in [0.4, 0.5) is 14.6 Å². The maximum Gasteiger partial charge on any atom is 0.252 e. The molecule has 0 aliphatic carbocycles. The van der Waals surface area contributed by atoms with Gasteiger partial charge in [-0.1, -0.05) is 24.6 Å². The number of aromatic nitrogens is 1. The van der Waals surface area contributed by atoms with E-state index in [4.69, 9.17) is 0 Å². The van der Waals surface area contributed by atoms with Crippen LogP contribution in [0.25, 0.3) is 6.08 Å². The Morgan fingerprint density at radius 3 is 2.59 bits per heavy atom. The molecule has 1 aromatic heterocycles. The predicted octanol–water partition coefficient (Wildman–Crippen LogP) is 4.18. The van der Waals surface area contributed by atoms with Crippen molar-refractivity contribution in [1.82, 2.24) is 10.3 Å². The Balaban J connectivity index is 1.59. The second kappa shape index (κ2) is 8.75. The molecule has 0 radical (unpaired) electrons. The van der Waals surface area contributed by atoms with Crippen LogP contribution in [0.5, 0.6) is 0 Å². The molecule has 1 amide bonds. The Morgan fingerprint density at radius 1 is 1.19 bits per heavy atom. The Hall–Kier alpha value is -2.76. The number of piperidine rings is 1. The highest BCUT2D eigenvalue weighted by atomic mass is 19.2. The van der Waals surface area contributed by atoms with Crippen LogP contribution in [0.15, 0.2) is 42.1 Å². The highest BCUT2D eigenvalue weighted by molar-refractivity contribution is 5.94. The van der Waals surface area contributed by atoms with Gasteiger partial charge in [-0.25, -0.2) is 13.8 Å². The lowest BCUT2D eigenvalue weighted by molar-refractivity contribution is 0.0953. The molecule has 1 aliphatic heterocycles. The third-order valence-electron chi connectivity index (χ3n) is 4.59. The van der Waals surface area contributed by atoms with E-state index in [-0.39, 0.29) is 5.91 Å². The summed E-state index contributed by atoms with van der Waals surface area (Å²) in [5, 5.41) is 2.83. The molecule has 0 unspecified atom stereocenters. The van der Waals surface area contributed by atoms with Gasteiger partial charge in [-0.3, -0.25) is 4.79 Å². The average molecular weight is 371 g/mol. The zero-order chi connectivity index (χ0) is 19.2. The fourth-order valence-electron chi connectivity index (χ4n) is 3.05. The minimum absolute atomic E-state index is 0.105. The molecule has 1 aromatic carbocycles. The number of anilines is 1. The maximum absolute atomic E-state index is 13.3. The van der Waals surface area contributed by atoms with E-state index >= 15 is 0 Å². The maximum atomic E-state index is 13.3. The minimum Gasteiger partial charge on any atom is -0.356 e. The molecule has 2 aromatic rings. The van der Waals surface area contributed by atoms with Crippen molar-refractivity contribution in [3.63, 3.8) is 0 Å². The zero-order valence-electron chi connectivity index (χ0n) is 15.3. The first-order valence-corrected chi connectivity index (χ1v) is 9.20. The molecule has 0 atom stereocenters. The molecule has 27 heavy (non-hydrogen) atoms. The van der Waals surface area contributed by atoms with Crippen molar-refractivity contribution in [2.45, 2.75) is 26.2 Å². The van der Waals surface area contributed by atoms with E-state index in [0.29, 0.717) is 17.7 Å². The van der Waals surface area contributed by atoms with Gasteiger partial charge >= 0.3 is 0 Å². The lowest BCUT2D eigenvalue weighted by Gasteiger charge is -2.29. The van der Waals surface area contributed by atoms with Gasteiger partial charge in [0.15, 0.2) is 11.6 Å². The molecule has 0 saturated carbocycles. The Kier molecular flexibility index (Phi) is 6.16. The van der Waals surface area contributed by atoms with E-state index in [1.54, 1.807) is 18.3 Å². The second-order valence-corrected chi connectivity index (χ2v) is 6.62. The van der Waals surface area contributed by atoms with Gasteiger partial charge in [0, 0.05) is 25.8 Å². The molecule has 1 aliphatic rings. The van der Waals surface area contributed by atoms with Crippen LogP contribution in [0.2, 0.25) is 0 Å². The van der Waals surface area contributed by atoms with Gasteiger partial charge in [-0.05, 0) is 49.1 Å². The van der Waals surface area contributed by atoms with Crippen molar-refractivity contribution < 1.29 is 13.6 Å². The van der Waals surface area contributed by atoms with Crippen molar-refractivity contribution in [1.29, 1.82) is 0 Å². The average Bonchev–Trinajstić information content (AvgIpc) is 2.70. The summed E-state index contributed by atoms with van der Waals surface area (Å²) < 4.78 is 26.3. The van der Waals surface area contributed by atoms with Gasteiger partial charge in [0.2, 0.25) is 0 Å². The normalized spacial score (nSPS) is 14.2. The van der Waals surface area contributed by atoms with E-state index in [1.807, 2.05) is 19.1 Å². The van der Waals surface area contributed by atoms with Gasteiger partial charge in [0.05, 0.1) is 5.56 Å². The molecule has 0 spiro atoms. The lowest BCUT2D eigenvalue weighted by Crippen LogP contribution is -2.31. The molecule has 1 saturated heterocycles. The zero-order valence-corrected chi connectivity index (χ0v) is 15.3. The van der Waals surface area contributed by atoms with Crippen LogP contribution in [0.3, 0.4) is 0 Å². The number of nitrogens with zero attached hydrogens (tertiary/aromatic N) is 2. The number of halogens is 2. The van der Waals surface area contributed by atoms with Gasteiger partial charge in [-0.2, -0.15) is 0 Å². The van der Waals surface area contributed by atoms with Crippen LogP contribution >= 0.6 is 0 Å². The number of carbonyl (C=O) groups is 1. The fraction of sp³-hybridized carbons (Fsp3) is 0.333. The number of nitrogens with one attached hydrogen (secondary N) is 1. The molecular formula is C21H23F2N3O. The van der Waals surface area contributed by atoms with Gasteiger partial charge in [0.1, 0.15) is 5.82 Å². The number of amides is 1. The summed E-state index contributed by atoms with van der Waals surface area (Å²) in [5.74, 6) is -0.917. The second-order valence-electron chi connectivity index (χ2n) is 6.62. The van der Waals surface area contributed by atoms with Crippen molar-refractivity contribution in [3.05, 3.63) is 64.9 Å². The lowest BCUT2D eigenvalue weighted by atomic mass is 10.0. The summed E-state index contributed by atoms with van der Waals surface area (Å²) in [7, 11) is 0. The molecule has 3 rings (SSSR count). The van der Waals surface area contributed by atoms with Gasteiger partial charge in [0.25, 0.3) is 5.91 Å². The largest absolute Gasteiger partial charge is 0.356 e. The van der Waals surface area contributed by atoms with Crippen molar-refractivity contribution >= 4 is 17.8 Å². The van der Waals surface area contributed by atoms with Crippen molar-refractivity contribution in [2.75, 3.05) is 24.5 Å². The monoisotopic (exact) mass is 371 g/mol. The third kappa shape index (κ3) is 4.90. The first-order chi connectivity index (χ1) is 13.1. The summed E-state index contributed by atoms with van der Waals surface area (Å²) in [4.78, 5) is 18.5. The van der Waals surface area contributed by atoms with Crippen molar-refractivity contribution in [2.24, 2.45) is 0 Å². The quantitative estimate of drug-likeness (QED) is 0.857. The Bertz CT molecular complexity index is 824. The van der Waals surface area contributed by atoms with Crippen molar-refractivity contribution in [3.8, 4) is 0 Å². The van der Waals surface area contributed by atoms with Gasteiger partial charge < -0.3 is 10.2 Å². The van der Waals surface area contributed by atoms with Crippen LogP contribution in [-0.4, -0.2) is 30.5 Å². The number of rotatable bonds is 5. The third-order valence-corrected chi connectivity index (χ3v) is 4.59. The molecule has 1 N–H and O–H groups in total. The molecule has 0 bridgehead atoms. The van der Waals surface area contributed by atoms with Crippen LogP contribution < -0.4 is 10.2 Å². The highest BCUT2D eigenvalue weighted by Gasteiger charge is 2.16. The summed E-state index contributed by atoms with van der Waals surface area (Å²) in [5.41, 5.74) is 2.44. The van der Waals surface area contributed by atoms with Crippen LogP contribution in [-0.2, 0) is 0 Å². The SMILES string of the molecule is CCCNC(=O)c1ccc(N2CCC(=Cc3ccc(F)c(F)c3)CC2)nc1. The molecule has 2 heterocycles. The molecule has 6 heteroatoms. The van der Waals surface area contributed by atoms with E-state index in [9.17, 15) is 13.6 Å². The first-order valence-electron chi connectivity index (χ1n) is 9.20. The number of hydrogen-bond acceptors (Lipinski definition) is 3. The standard InChI is InChI=1S/C21H23F2N3O/c1-2-9-24-21(27)17-4-6-20(25-14-17)26-10-7-15(8-11-26)12-16-3-5-18(22)19(23)13-16/h3-6,12-14H,2,7-11H2,1H3,(H,24,27). The smallest absolute Gasteiger partial charge is 0.252 e. The van der Waals surface area contributed by atoms with Gasteiger partial charge in [-0.15, -0.1) is 0 Å². The first kappa shape index (κ1) is 19.0. The fourth-order valence-corrected chi connectivity index (χ4v) is 3.05. The summed E-state index contributed by atoms with van der Waals surface area (Å²) in [6.07, 6.45) is 6.09. The topological polar surface area (TPSA) is 45.2 Å². The predicted molar refractivity (Wildman–Crippen MR) is 103 cm³/mol. The van der Waals surface area contributed by atoms with E-state index in [2.05, 4.69) is 15.2 Å². The molecular weight excluding hydrogens is 348 g/mol. The minimum atomic E-state index is -0.829. The van der Waals surface area contributed by atoms with E-state index in [1.165, 1.54) is 11.6 Å². The number of pyridine rings is 1. The van der Waals surface area contributed by atoms with E-state index < -0.39 is 11.6 Å².